The van der Waals surface area contributed by atoms with E-state index in [2.05, 4.69) is 29.1 Å². The van der Waals surface area contributed by atoms with Crippen LogP contribution in [0.1, 0.15) is 31.0 Å². The standard InChI is InChI=1S/C15H18N4O2/c1-9(2)13-10(3)17-14(18-15(13)16-4)11-7-5-6-8-12(11)19(20)21/h5-9H,1-4H3,(H,16,17,18). The van der Waals surface area contributed by atoms with Crippen LogP contribution < -0.4 is 5.32 Å². The maximum Gasteiger partial charge on any atom is 0.280 e. The highest BCUT2D eigenvalue weighted by Crippen LogP contribution is 2.31. The number of hydrogen-bond acceptors (Lipinski definition) is 5. The molecule has 1 aromatic carbocycles. The number of rotatable bonds is 4. The lowest BCUT2D eigenvalue weighted by molar-refractivity contribution is -0.384. The number of nitrogens with zero attached hydrogens (tertiary/aromatic N) is 3. The Labute approximate surface area is 123 Å². The second-order valence-electron chi connectivity index (χ2n) is 5.07. The molecule has 1 aromatic heterocycles. The predicted molar refractivity (Wildman–Crippen MR) is 82.5 cm³/mol. The van der Waals surface area contributed by atoms with Gasteiger partial charge in [-0.3, -0.25) is 10.1 Å². The van der Waals surface area contributed by atoms with Gasteiger partial charge in [-0.05, 0) is 18.9 Å². The van der Waals surface area contributed by atoms with Crippen molar-refractivity contribution in [1.29, 1.82) is 0 Å². The van der Waals surface area contributed by atoms with E-state index in [4.69, 9.17) is 0 Å². The van der Waals surface area contributed by atoms with Crippen molar-refractivity contribution >= 4 is 11.5 Å². The van der Waals surface area contributed by atoms with Gasteiger partial charge in [0.25, 0.3) is 5.69 Å². The summed E-state index contributed by atoms with van der Waals surface area (Å²) in [4.78, 5) is 19.7. The molecule has 0 atom stereocenters. The van der Waals surface area contributed by atoms with E-state index in [0.29, 0.717) is 17.2 Å². The molecule has 0 radical (unpaired) electrons. The SMILES string of the molecule is CNc1nc(-c2ccccc2[N+](=O)[O-])nc(C)c1C(C)C. The van der Waals surface area contributed by atoms with Gasteiger partial charge in [-0.1, -0.05) is 26.0 Å². The molecular formula is C15H18N4O2. The fourth-order valence-electron chi connectivity index (χ4n) is 2.41. The zero-order valence-corrected chi connectivity index (χ0v) is 12.5. The highest BCUT2D eigenvalue weighted by atomic mass is 16.6. The van der Waals surface area contributed by atoms with Crippen molar-refractivity contribution in [1.82, 2.24) is 9.97 Å². The molecule has 2 rings (SSSR count). The second kappa shape index (κ2) is 5.87. The van der Waals surface area contributed by atoms with Gasteiger partial charge in [0.15, 0.2) is 5.82 Å². The molecule has 1 heterocycles. The minimum atomic E-state index is -0.413. The van der Waals surface area contributed by atoms with Crippen LogP contribution in [0.4, 0.5) is 11.5 Å². The molecule has 0 saturated carbocycles. The molecule has 1 N–H and O–H groups in total. The average molecular weight is 286 g/mol. The van der Waals surface area contributed by atoms with Crippen LogP contribution in [0.15, 0.2) is 24.3 Å². The van der Waals surface area contributed by atoms with E-state index in [-0.39, 0.29) is 11.6 Å². The number of aryl methyl sites for hydroxylation is 1. The smallest absolute Gasteiger partial charge is 0.280 e. The van der Waals surface area contributed by atoms with Gasteiger partial charge < -0.3 is 5.32 Å². The van der Waals surface area contributed by atoms with Gasteiger partial charge in [-0.25, -0.2) is 9.97 Å². The minimum Gasteiger partial charge on any atom is -0.373 e. The zero-order valence-electron chi connectivity index (χ0n) is 12.5. The highest BCUT2D eigenvalue weighted by Gasteiger charge is 2.20. The molecule has 0 unspecified atom stereocenters. The van der Waals surface area contributed by atoms with Gasteiger partial charge in [0.2, 0.25) is 0 Å². The summed E-state index contributed by atoms with van der Waals surface area (Å²) >= 11 is 0. The first-order valence-corrected chi connectivity index (χ1v) is 6.75. The largest absolute Gasteiger partial charge is 0.373 e. The van der Waals surface area contributed by atoms with Crippen LogP contribution >= 0.6 is 0 Å². The normalized spacial score (nSPS) is 10.7. The van der Waals surface area contributed by atoms with E-state index in [1.165, 1.54) is 6.07 Å². The maximum absolute atomic E-state index is 11.1. The Morgan fingerprint density at radius 1 is 1.24 bits per heavy atom. The third kappa shape index (κ3) is 2.84. The van der Waals surface area contributed by atoms with Crippen molar-refractivity contribution in [2.45, 2.75) is 26.7 Å². The lowest BCUT2D eigenvalue weighted by Gasteiger charge is -2.15. The van der Waals surface area contributed by atoms with Crippen molar-refractivity contribution < 1.29 is 4.92 Å². The Morgan fingerprint density at radius 3 is 2.48 bits per heavy atom. The molecular weight excluding hydrogens is 268 g/mol. The lowest BCUT2D eigenvalue weighted by atomic mass is 10.0. The van der Waals surface area contributed by atoms with Crippen LogP contribution in [0.25, 0.3) is 11.4 Å². The van der Waals surface area contributed by atoms with Crippen molar-refractivity contribution in [3.8, 4) is 11.4 Å². The molecule has 6 nitrogen and oxygen atoms in total. The molecule has 0 fully saturated rings. The summed E-state index contributed by atoms with van der Waals surface area (Å²) in [6.45, 7) is 6.03. The fourth-order valence-corrected chi connectivity index (χ4v) is 2.41. The van der Waals surface area contributed by atoms with Gasteiger partial charge in [0.1, 0.15) is 5.82 Å². The summed E-state index contributed by atoms with van der Waals surface area (Å²) in [6.07, 6.45) is 0. The first-order valence-electron chi connectivity index (χ1n) is 6.75. The molecule has 0 aliphatic heterocycles. The van der Waals surface area contributed by atoms with Crippen molar-refractivity contribution in [3.05, 3.63) is 45.6 Å². The number of para-hydroxylation sites is 1. The highest BCUT2D eigenvalue weighted by molar-refractivity contribution is 5.69. The molecule has 0 aliphatic rings. The minimum absolute atomic E-state index is 0.0104. The molecule has 21 heavy (non-hydrogen) atoms. The first-order chi connectivity index (χ1) is 9.95. The monoisotopic (exact) mass is 286 g/mol. The summed E-state index contributed by atoms with van der Waals surface area (Å²) in [6, 6.07) is 6.51. The zero-order chi connectivity index (χ0) is 15.6. The summed E-state index contributed by atoms with van der Waals surface area (Å²) in [5.74, 6) is 1.35. The van der Waals surface area contributed by atoms with Gasteiger partial charge >= 0.3 is 0 Å². The average Bonchev–Trinajstić information content (AvgIpc) is 2.45. The summed E-state index contributed by atoms with van der Waals surface area (Å²) in [5, 5.41) is 14.2. The Kier molecular flexibility index (Phi) is 4.16. The van der Waals surface area contributed by atoms with Crippen molar-refractivity contribution in [2.24, 2.45) is 0 Å². The number of nitrogens with one attached hydrogen (secondary N) is 1. The van der Waals surface area contributed by atoms with Crippen LogP contribution in [0.3, 0.4) is 0 Å². The molecule has 0 bridgehead atoms. The Hall–Kier alpha value is -2.50. The van der Waals surface area contributed by atoms with Crippen LogP contribution in [-0.2, 0) is 0 Å². The fraction of sp³-hybridized carbons (Fsp3) is 0.333. The number of hydrogen-bond donors (Lipinski definition) is 1. The van der Waals surface area contributed by atoms with Crippen molar-refractivity contribution in [2.75, 3.05) is 12.4 Å². The number of nitro groups is 1. The van der Waals surface area contributed by atoms with Crippen LogP contribution in [0.5, 0.6) is 0 Å². The number of aromatic nitrogens is 2. The Bertz CT molecular complexity index is 683. The Balaban J connectivity index is 2.67. The summed E-state index contributed by atoms with van der Waals surface area (Å²) < 4.78 is 0. The van der Waals surface area contributed by atoms with Crippen LogP contribution in [0.2, 0.25) is 0 Å². The summed E-state index contributed by atoms with van der Waals surface area (Å²) in [5.41, 5.74) is 2.30. The van der Waals surface area contributed by atoms with Crippen molar-refractivity contribution in [3.63, 3.8) is 0 Å². The number of nitro benzene ring substituents is 1. The maximum atomic E-state index is 11.1. The molecule has 0 amide bonds. The van der Waals surface area contributed by atoms with E-state index in [1.54, 1.807) is 25.2 Å². The van der Waals surface area contributed by atoms with Crippen LogP contribution in [-0.4, -0.2) is 21.9 Å². The van der Waals surface area contributed by atoms with E-state index in [1.807, 2.05) is 6.92 Å². The number of anilines is 1. The third-order valence-electron chi connectivity index (χ3n) is 3.29. The first kappa shape index (κ1) is 14.9. The van der Waals surface area contributed by atoms with Crippen LogP contribution in [0, 0.1) is 17.0 Å². The Morgan fingerprint density at radius 2 is 1.90 bits per heavy atom. The van der Waals surface area contributed by atoms with E-state index < -0.39 is 4.92 Å². The number of benzene rings is 1. The third-order valence-corrected chi connectivity index (χ3v) is 3.29. The van der Waals surface area contributed by atoms with E-state index >= 15 is 0 Å². The molecule has 2 aromatic rings. The quantitative estimate of drug-likeness (QED) is 0.687. The van der Waals surface area contributed by atoms with Gasteiger partial charge in [0, 0.05) is 24.4 Å². The molecule has 6 heteroatoms. The molecule has 0 saturated heterocycles. The molecule has 0 spiro atoms. The second-order valence-corrected chi connectivity index (χ2v) is 5.07. The molecule has 110 valence electrons. The van der Waals surface area contributed by atoms with E-state index in [9.17, 15) is 10.1 Å². The summed E-state index contributed by atoms with van der Waals surface area (Å²) in [7, 11) is 1.79. The lowest BCUT2D eigenvalue weighted by Crippen LogP contribution is -2.07. The predicted octanol–water partition coefficient (Wildman–Crippen LogP) is 3.53. The van der Waals surface area contributed by atoms with Gasteiger partial charge in [-0.15, -0.1) is 0 Å². The molecule has 0 aliphatic carbocycles. The van der Waals surface area contributed by atoms with Gasteiger partial charge in [0.05, 0.1) is 10.5 Å². The topological polar surface area (TPSA) is 81.0 Å². The van der Waals surface area contributed by atoms with E-state index in [0.717, 1.165) is 11.3 Å². The van der Waals surface area contributed by atoms with Gasteiger partial charge in [-0.2, -0.15) is 0 Å².